The van der Waals surface area contributed by atoms with Crippen LogP contribution in [0.2, 0.25) is 5.02 Å². The van der Waals surface area contributed by atoms with Gasteiger partial charge in [0.1, 0.15) is 18.0 Å². The molecule has 17 heavy (non-hydrogen) atoms. The quantitative estimate of drug-likeness (QED) is 0.773. The van der Waals surface area contributed by atoms with Gasteiger partial charge in [0, 0.05) is 16.4 Å². The number of benzene rings is 1. The Morgan fingerprint density at radius 2 is 2.00 bits per heavy atom. The van der Waals surface area contributed by atoms with Gasteiger partial charge in [-0.15, -0.1) is 0 Å². The maximum atomic E-state index is 11.3. The highest BCUT2D eigenvalue weighted by atomic mass is 35.5. The van der Waals surface area contributed by atoms with Gasteiger partial charge < -0.3 is 4.57 Å². The predicted molar refractivity (Wildman–Crippen MR) is 64.3 cm³/mol. The molecular weight excluding hydrogens is 238 g/mol. The highest BCUT2D eigenvalue weighted by Gasteiger charge is 2.08. The van der Waals surface area contributed by atoms with Crippen molar-refractivity contribution in [1.82, 2.24) is 9.55 Å². The van der Waals surface area contributed by atoms with Crippen LogP contribution in [0.1, 0.15) is 11.3 Å². The van der Waals surface area contributed by atoms with Crippen LogP contribution >= 0.6 is 11.6 Å². The number of rotatable bonds is 1. The molecule has 0 bridgehead atoms. The molecule has 0 aliphatic rings. The Morgan fingerprint density at radius 1 is 1.35 bits per heavy atom. The summed E-state index contributed by atoms with van der Waals surface area (Å²) in [6, 6.07) is 8.92. The lowest BCUT2D eigenvalue weighted by Crippen LogP contribution is -2.17. The molecule has 0 N–H and O–H groups in total. The Labute approximate surface area is 103 Å². The minimum Gasteiger partial charge on any atom is -0.303 e. The third kappa shape index (κ3) is 2.05. The van der Waals surface area contributed by atoms with Crippen LogP contribution in [0.15, 0.2) is 35.4 Å². The Bertz CT molecular complexity index is 653. The monoisotopic (exact) mass is 245 g/mol. The molecule has 1 heterocycles. The number of nitrogens with zero attached hydrogens (tertiary/aromatic N) is 3. The molecule has 0 amide bonds. The molecule has 4 nitrogen and oxygen atoms in total. The minimum absolute atomic E-state index is 0.0578. The van der Waals surface area contributed by atoms with Crippen LogP contribution in [0.4, 0.5) is 0 Å². The molecule has 5 heteroatoms. The normalized spacial score (nSPS) is 9.94. The maximum Gasteiger partial charge on any atom is 0.290 e. The molecule has 0 aliphatic heterocycles. The van der Waals surface area contributed by atoms with Crippen molar-refractivity contribution < 1.29 is 0 Å². The summed E-state index contributed by atoms with van der Waals surface area (Å²) in [5.41, 5.74) is 0.920. The maximum absolute atomic E-state index is 11.3. The average molecular weight is 246 g/mol. The predicted octanol–water partition coefficient (Wildman–Crippen LogP) is 2.07. The van der Waals surface area contributed by atoms with Crippen molar-refractivity contribution in [2.45, 2.75) is 6.92 Å². The summed E-state index contributed by atoms with van der Waals surface area (Å²) in [6.07, 6.45) is 1.40. The molecule has 0 fully saturated rings. The van der Waals surface area contributed by atoms with Gasteiger partial charge in [0.05, 0.1) is 0 Å². The minimum atomic E-state index is -0.504. The summed E-state index contributed by atoms with van der Waals surface area (Å²) >= 11 is 5.80. The second-order valence-corrected chi connectivity index (χ2v) is 3.90. The second kappa shape index (κ2) is 4.40. The van der Waals surface area contributed by atoms with E-state index in [9.17, 15) is 4.79 Å². The molecular formula is C12H8ClN3O. The van der Waals surface area contributed by atoms with Crippen molar-refractivity contribution in [3.63, 3.8) is 0 Å². The molecule has 1 aromatic heterocycles. The first-order chi connectivity index (χ1) is 8.13. The fourth-order valence-corrected chi connectivity index (χ4v) is 1.65. The lowest BCUT2D eigenvalue weighted by atomic mass is 10.2. The van der Waals surface area contributed by atoms with Crippen molar-refractivity contribution in [3.05, 3.63) is 57.2 Å². The molecule has 1 aromatic carbocycles. The van der Waals surface area contributed by atoms with Crippen LogP contribution in [0, 0.1) is 18.3 Å². The molecule has 84 valence electrons. The summed E-state index contributed by atoms with van der Waals surface area (Å²) in [5.74, 6) is 0. The molecule has 2 aromatic rings. The summed E-state index contributed by atoms with van der Waals surface area (Å²) in [4.78, 5) is 15.0. The van der Waals surface area contributed by atoms with Gasteiger partial charge in [-0.2, -0.15) is 10.2 Å². The Kier molecular flexibility index (Phi) is 2.94. The highest BCUT2D eigenvalue weighted by molar-refractivity contribution is 6.30. The van der Waals surface area contributed by atoms with E-state index in [1.165, 1.54) is 6.33 Å². The zero-order valence-corrected chi connectivity index (χ0v) is 9.77. The first-order valence-electron chi connectivity index (χ1n) is 4.88. The van der Waals surface area contributed by atoms with Crippen LogP contribution in [0.3, 0.4) is 0 Å². The lowest BCUT2D eigenvalue weighted by Gasteiger charge is -2.10. The van der Waals surface area contributed by atoms with Gasteiger partial charge >= 0.3 is 0 Å². The SMILES string of the molecule is Cc1c(C#N)c(=O)ncn1-c1ccc(Cl)cc1. The Hall–Kier alpha value is -2.12. The van der Waals surface area contributed by atoms with Crippen molar-refractivity contribution in [1.29, 1.82) is 5.26 Å². The molecule has 0 spiro atoms. The molecule has 0 aliphatic carbocycles. The fourth-order valence-electron chi connectivity index (χ4n) is 1.53. The topological polar surface area (TPSA) is 58.7 Å². The molecule has 0 unspecified atom stereocenters. The highest BCUT2D eigenvalue weighted by Crippen LogP contribution is 2.15. The third-order valence-corrected chi connectivity index (χ3v) is 2.70. The van der Waals surface area contributed by atoms with E-state index in [1.807, 2.05) is 6.07 Å². The van der Waals surface area contributed by atoms with Crippen LogP contribution in [0.5, 0.6) is 0 Å². The van der Waals surface area contributed by atoms with Crippen molar-refractivity contribution in [2.75, 3.05) is 0 Å². The average Bonchev–Trinajstić information content (AvgIpc) is 2.31. The molecule has 0 saturated heterocycles. The first-order valence-corrected chi connectivity index (χ1v) is 5.25. The number of aromatic nitrogens is 2. The largest absolute Gasteiger partial charge is 0.303 e. The second-order valence-electron chi connectivity index (χ2n) is 3.47. The smallest absolute Gasteiger partial charge is 0.290 e. The van der Waals surface area contributed by atoms with E-state index < -0.39 is 5.56 Å². The summed E-state index contributed by atoms with van der Waals surface area (Å²) in [5, 5.41) is 9.52. The third-order valence-electron chi connectivity index (χ3n) is 2.44. The molecule has 2 rings (SSSR count). The number of nitriles is 1. The van der Waals surface area contributed by atoms with E-state index in [2.05, 4.69) is 4.98 Å². The summed E-state index contributed by atoms with van der Waals surface area (Å²) < 4.78 is 1.68. The van der Waals surface area contributed by atoms with Crippen LogP contribution in [-0.2, 0) is 0 Å². The van der Waals surface area contributed by atoms with E-state index in [-0.39, 0.29) is 5.56 Å². The summed E-state index contributed by atoms with van der Waals surface area (Å²) in [7, 11) is 0. The van der Waals surface area contributed by atoms with Gasteiger partial charge in [-0.25, -0.2) is 0 Å². The van der Waals surface area contributed by atoms with Gasteiger partial charge in [0.25, 0.3) is 5.56 Å². The fraction of sp³-hybridized carbons (Fsp3) is 0.0833. The van der Waals surface area contributed by atoms with Crippen LogP contribution in [-0.4, -0.2) is 9.55 Å². The Morgan fingerprint density at radius 3 is 2.59 bits per heavy atom. The van der Waals surface area contributed by atoms with Crippen molar-refractivity contribution in [2.24, 2.45) is 0 Å². The van der Waals surface area contributed by atoms with Crippen LogP contribution in [0.25, 0.3) is 5.69 Å². The van der Waals surface area contributed by atoms with Gasteiger partial charge in [-0.1, -0.05) is 11.6 Å². The molecule has 0 saturated carbocycles. The van der Waals surface area contributed by atoms with Gasteiger partial charge in [0.2, 0.25) is 0 Å². The standard InChI is InChI=1S/C12H8ClN3O/c1-8-11(6-14)12(17)15-7-16(8)10-4-2-9(13)3-5-10/h2-5,7H,1H3. The zero-order chi connectivity index (χ0) is 12.4. The van der Waals surface area contributed by atoms with Gasteiger partial charge in [0.15, 0.2) is 0 Å². The summed E-state index contributed by atoms with van der Waals surface area (Å²) in [6.45, 7) is 1.70. The van der Waals surface area contributed by atoms with E-state index in [1.54, 1.807) is 35.8 Å². The Balaban J connectivity index is 2.66. The van der Waals surface area contributed by atoms with E-state index in [0.717, 1.165) is 5.69 Å². The molecule has 0 atom stereocenters. The number of halogens is 1. The molecule has 0 radical (unpaired) electrons. The number of hydrogen-bond acceptors (Lipinski definition) is 3. The van der Waals surface area contributed by atoms with Crippen molar-refractivity contribution >= 4 is 11.6 Å². The lowest BCUT2D eigenvalue weighted by molar-refractivity contribution is 0.904. The zero-order valence-electron chi connectivity index (χ0n) is 9.01. The van der Waals surface area contributed by atoms with E-state index >= 15 is 0 Å². The van der Waals surface area contributed by atoms with E-state index in [0.29, 0.717) is 10.7 Å². The van der Waals surface area contributed by atoms with Gasteiger partial charge in [-0.3, -0.25) is 4.79 Å². The van der Waals surface area contributed by atoms with Crippen LogP contribution < -0.4 is 5.56 Å². The first kappa shape index (κ1) is 11.4. The van der Waals surface area contributed by atoms with Crippen molar-refractivity contribution in [3.8, 4) is 11.8 Å². The van der Waals surface area contributed by atoms with Gasteiger partial charge in [-0.05, 0) is 31.2 Å². The number of hydrogen-bond donors (Lipinski definition) is 0. The van der Waals surface area contributed by atoms with E-state index in [4.69, 9.17) is 16.9 Å².